The molecule has 0 aliphatic rings. The molecule has 0 amide bonds. The van der Waals surface area contributed by atoms with Crippen LogP contribution in [0.1, 0.15) is 22.7 Å². The number of halogens is 4. The van der Waals surface area contributed by atoms with E-state index < -0.39 is 12.5 Å². The number of hydrogen-bond donors (Lipinski definition) is 1. The number of ether oxygens (including phenoxy) is 2. The molecule has 2 rings (SSSR count). The van der Waals surface area contributed by atoms with Gasteiger partial charge in [-0.25, -0.2) is 4.79 Å². The van der Waals surface area contributed by atoms with Crippen molar-refractivity contribution in [3.63, 3.8) is 0 Å². The Morgan fingerprint density at radius 1 is 1.29 bits per heavy atom. The van der Waals surface area contributed by atoms with E-state index in [4.69, 9.17) is 13.0 Å². The number of aromatic amines is 1. The van der Waals surface area contributed by atoms with Gasteiger partial charge in [-0.05, 0) is 45.7 Å². The first kappa shape index (κ1) is 29.7. The normalized spacial score (nSPS) is 11.2. The molecule has 0 saturated carbocycles. The van der Waals surface area contributed by atoms with Crippen molar-refractivity contribution >= 4 is 55.4 Å². The molecular formula is C15H23Br2ClFN4NaO4. The van der Waals surface area contributed by atoms with Crippen molar-refractivity contribution in [2.24, 2.45) is 0 Å². The Bertz CT molecular complexity index is 673. The van der Waals surface area contributed by atoms with E-state index in [-0.39, 0.29) is 49.0 Å². The Morgan fingerprint density at radius 2 is 1.82 bits per heavy atom. The summed E-state index contributed by atoms with van der Waals surface area (Å²) < 4.78 is 27.7. The Balaban J connectivity index is -0.000000163. The summed E-state index contributed by atoms with van der Waals surface area (Å²) in [6, 6.07) is -0.374. The van der Waals surface area contributed by atoms with Crippen LogP contribution >= 0.6 is 43.5 Å². The Hall–Kier alpha value is -0.460. The minimum atomic E-state index is -1.00. The summed E-state index contributed by atoms with van der Waals surface area (Å²) in [7, 11) is 1.67. The summed E-state index contributed by atoms with van der Waals surface area (Å²) in [6.07, 6.45) is 6.81. The number of nitrogens with one attached hydrogen (secondary N) is 1. The molecule has 28 heavy (non-hydrogen) atoms. The van der Waals surface area contributed by atoms with Crippen molar-refractivity contribution in [3.8, 4) is 0 Å². The van der Waals surface area contributed by atoms with Crippen LogP contribution in [0.5, 0.6) is 0 Å². The van der Waals surface area contributed by atoms with Crippen LogP contribution in [0.3, 0.4) is 0 Å². The van der Waals surface area contributed by atoms with E-state index in [1.807, 2.05) is 0 Å². The largest absolute Gasteiger partial charge is 1.00 e. The van der Waals surface area contributed by atoms with Gasteiger partial charge in [-0.3, -0.25) is 19.0 Å². The molecule has 0 radical (unpaired) electrons. The standard InChI is InChI=1S/C7H9BrN2O2.C4H7ClO2.C3H3BrN2.CH3F.Na.H/c1-5(7(11)12-2)10-4-6(8)3-9-10;1-3(5)4(6)7-2;4-3-1-5-6-2-3;1-2;;/h3-5H,1-2H3;3H,1-2H3;1-2H,(H,5,6);1H3;;/q;;;;+1;-1/t5-;3-;;;;/m10..../s1/i;;;1D;;. The Kier molecular flexibility index (Phi) is 21.1. The molecule has 0 bridgehead atoms. The van der Waals surface area contributed by atoms with Gasteiger partial charge in [0.2, 0.25) is 0 Å². The molecule has 2 atom stereocenters. The topological polar surface area (TPSA) is 99.1 Å². The fourth-order valence-electron chi connectivity index (χ4n) is 1.20. The minimum absolute atomic E-state index is 0. The number of nitrogens with zero attached hydrogens (tertiary/aromatic N) is 3. The van der Waals surface area contributed by atoms with Crippen molar-refractivity contribution in [2.45, 2.75) is 25.3 Å². The van der Waals surface area contributed by atoms with Crippen molar-refractivity contribution in [2.75, 3.05) is 21.4 Å². The van der Waals surface area contributed by atoms with Crippen molar-refractivity contribution in [1.82, 2.24) is 20.0 Å². The van der Waals surface area contributed by atoms with E-state index in [2.05, 4.69) is 56.6 Å². The zero-order chi connectivity index (χ0) is 22.1. The second kappa shape index (κ2) is 19.8. The number of carbonyl (C=O) groups is 2. The van der Waals surface area contributed by atoms with E-state index in [1.165, 1.54) is 18.9 Å². The molecule has 0 spiro atoms. The van der Waals surface area contributed by atoms with E-state index >= 15 is 0 Å². The monoisotopic (exact) mass is 559 g/mol. The predicted molar refractivity (Wildman–Crippen MR) is 108 cm³/mol. The second-order valence-corrected chi connectivity index (χ2v) is 6.88. The summed E-state index contributed by atoms with van der Waals surface area (Å²) in [5.74, 6) is -0.688. The third-order valence-electron chi connectivity index (χ3n) is 2.50. The molecule has 8 nitrogen and oxygen atoms in total. The summed E-state index contributed by atoms with van der Waals surface area (Å²) in [5.41, 5.74) is 0. The average Bonchev–Trinajstić information content (AvgIpc) is 3.32. The molecule has 13 heteroatoms. The maximum Gasteiger partial charge on any atom is 1.00 e. The van der Waals surface area contributed by atoms with Crippen molar-refractivity contribution < 1.29 is 55.8 Å². The summed E-state index contributed by atoms with van der Waals surface area (Å²) in [6.45, 7) is 3.29. The fourth-order valence-corrected chi connectivity index (χ4v) is 1.80. The van der Waals surface area contributed by atoms with Crippen LogP contribution in [0.2, 0.25) is 0 Å². The van der Waals surface area contributed by atoms with Gasteiger partial charge < -0.3 is 10.9 Å². The van der Waals surface area contributed by atoms with Crippen LogP contribution in [0, 0.1) is 0 Å². The molecule has 0 fully saturated rings. The zero-order valence-corrected chi connectivity index (χ0v) is 22.1. The third-order valence-corrected chi connectivity index (χ3v) is 3.52. The molecule has 156 valence electrons. The van der Waals surface area contributed by atoms with Gasteiger partial charge in [0.15, 0.2) is 0 Å². The molecular weight excluding hydrogens is 537 g/mol. The molecule has 0 unspecified atom stereocenters. The smallest absolute Gasteiger partial charge is 1.00 e. The van der Waals surface area contributed by atoms with Crippen LogP contribution in [0.15, 0.2) is 33.7 Å². The maximum absolute atomic E-state index is 11.0. The van der Waals surface area contributed by atoms with Crippen molar-refractivity contribution in [3.05, 3.63) is 33.7 Å². The van der Waals surface area contributed by atoms with E-state index in [0.29, 0.717) is 0 Å². The molecule has 0 aliphatic carbocycles. The van der Waals surface area contributed by atoms with Gasteiger partial charge in [-0.2, -0.15) is 10.2 Å². The zero-order valence-electron chi connectivity index (χ0n) is 18.2. The van der Waals surface area contributed by atoms with Crippen LogP contribution < -0.4 is 29.6 Å². The van der Waals surface area contributed by atoms with Crippen molar-refractivity contribution in [1.29, 1.82) is 0 Å². The van der Waals surface area contributed by atoms with Gasteiger partial charge in [0.1, 0.15) is 11.4 Å². The van der Waals surface area contributed by atoms with Crippen LogP contribution in [0.4, 0.5) is 4.39 Å². The van der Waals surface area contributed by atoms with Crippen LogP contribution in [-0.4, -0.2) is 58.7 Å². The maximum atomic E-state index is 11.0. The first-order valence-electron chi connectivity index (χ1n) is 7.84. The Labute approximate surface area is 210 Å². The predicted octanol–water partition coefficient (Wildman–Crippen LogP) is 1.04. The molecule has 2 aromatic rings. The number of aromatic nitrogens is 4. The minimum Gasteiger partial charge on any atom is -1.00 e. The molecule has 2 heterocycles. The summed E-state index contributed by atoms with van der Waals surface area (Å²) >= 11 is 11.7. The van der Waals surface area contributed by atoms with E-state index in [0.717, 1.165) is 8.95 Å². The number of carbonyl (C=O) groups excluding carboxylic acids is 2. The number of hydrogen-bond acceptors (Lipinski definition) is 6. The summed E-state index contributed by atoms with van der Waals surface area (Å²) in [4.78, 5) is 21.2. The van der Waals surface area contributed by atoms with Crippen LogP contribution in [0.25, 0.3) is 0 Å². The SMILES string of the molecule is Brc1cn[nH]c1.COC(=O)[C@@H](C)n1cc(Br)cn1.COC(=O)[C@H](C)Cl.[2H]CF.[H-].[Na+]. The van der Waals surface area contributed by atoms with E-state index in [1.54, 1.807) is 38.6 Å². The van der Waals surface area contributed by atoms with Crippen LogP contribution in [-0.2, 0) is 19.1 Å². The van der Waals surface area contributed by atoms with Gasteiger partial charge in [-0.1, -0.05) is 0 Å². The van der Waals surface area contributed by atoms with Gasteiger partial charge in [0.25, 0.3) is 0 Å². The summed E-state index contributed by atoms with van der Waals surface area (Å²) in [5, 5.41) is 9.71. The number of alkyl halides is 2. The molecule has 0 aliphatic heterocycles. The number of H-pyrrole nitrogens is 1. The fraction of sp³-hybridized carbons (Fsp3) is 0.467. The molecule has 1 N–H and O–H groups in total. The van der Waals surface area contributed by atoms with Gasteiger partial charge in [0.05, 0.1) is 44.1 Å². The van der Waals surface area contributed by atoms with Gasteiger partial charge in [0, 0.05) is 12.4 Å². The Morgan fingerprint density at radius 3 is 2.04 bits per heavy atom. The average molecular weight is 562 g/mol. The van der Waals surface area contributed by atoms with Gasteiger partial charge in [-0.15, -0.1) is 11.6 Å². The first-order chi connectivity index (χ1) is 13.1. The first-order valence-corrected chi connectivity index (χ1v) is 9.15. The molecule has 2 aromatic heterocycles. The number of esters is 2. The number of methoxy groups -OCH3 is 2. The quantitative estimate of drug-likeness (QED) is 0.342. The molecule has 0 saturated heterocycles. The third kappa shape index (κ3) is 15.5. The van der Waals surface area contributed by atoms with E-state index in [9.17, 15) is 14.0 Å². The molecule has 0 aromatic carbocycles. The second-order valence-electron chi connectivity index (χ2n) is 4.39. The number of rotatable bonds is 3. The van der Waals surface area contributed by atoms with Gasteiger partial charge >= 0.3 is 41.5 Å².